The molecule has 0 saturated carbocycles. The molecule has 0 aliphatic rings. The SMILES string of the molecule is C/C=C\c1nc(-c2cccc(C)c2)[nH]c1C. The number of hydrogen-bond donors (Lipinski definition) is 1. The Morgan fingerprint density at radius 1 is 1.25 bits per heavy atom. The van der Waals surface area contributed by atoms with Gasteiger partial charge >= 0.3 is 0 Å². The lowest BCUT2D eigenvalue weighted by molar-refractivity contribution is 1.25. The summed E-state index contributed by atoms with van der Waals surface area (Å²) in [5, 5.41) is 0. The maximum Gasteiger partial charge on any atom is 0.138 e. The molecule has 0 unspecified atom stereocenters. The van der Waals surface area contributed by atoms with Crippen LogP contribution in [-0.4, -0.2) is 9.97 Å². The van der Waals surface area contributed by atoms with Gasteiger partial charge in [-0.15, -0.1) is 0 Å². The normalized spacial score (nSPS) is 11.2. The number of imidazole rings is 1. The van der Waals surface area contributed by atoms with E-state index in [1.807, 2.05) is 26.0 Å². The van der Waals surface area contributed by atoms with Crippen molar-refractivity contribution in [1.82, 2.24) is 9.97 Å². The second-order valence-corrected chi connectivity index (χ2v) is 3.97. The number of aromatic nitrogens is 2. The van der Waals surface area contributed by atoms with Crippen molar-refractivity contribution in [3.05, 3.63) is 47.3 Å². The molecule has 0 radical (unpaired) electrons. The van der Waals surface area contributed by atoms with E-state index in [0.29, 0.717) is 0 Å². The second-order valence-electron chi connectivity index (χ2n) is 3.97. The number of hydrogen-bond acceptors (Lipinski definition) is 1. The molecule has 2 rings (SSSR count). The summed E-state index contributed by atoms with van der Waals surface area (Å²) in [6.07, 6.45) is 4.02. The van der Waals surface area contributed by atoms with Crippen LogP contribution in [0, 0.1) is 13.8 Å². The number of rotatable bonds is 2. The van der Waals surface area contributed by atoms with E-state index in [0.717, 1.165) is 22.8 Å². The number of nitrogens with zero attached hydrogens (tertiary/aromatic N) is 1. The van der Waals surface area contributed by atoms with Crippen LogP contribution in [0.3, 0.4) is 0 Å². The fraction of sp³-hybridized carbons (Fsp3) is 0.214. The summed E-state index contributed by atoms with van der Waals surface area (Å²) < 4.78 is 0. The Morgan fingerprint density at radius 3 is 2.75 bits per heavy atom. The minimum absolute atomic E-state index is 0.939. The molecular formula is C14H16N2. The van der Waals surface area contributed by atoms with Crippen molar-refractivity contribution in [1.29, 1.82) is 0 Å². The van der Waals surface area contributed by atoms with Gasteiger partial charge < -0.3 is 4.98 Å². The van der Waals surface area contributed by atoms with Gasteiger partial charge in [0.25, 0.3) is 0 Å². The van der Waals surface area contributed by atoms with E-state index >= 15 is 0 Å². The molecule has 1 heterocycles. The predicted molar refractivity (Wildman–Crippen MR) is 68.2 cm³/mol. The summed E-state index contributed by atoms with van der Waals surface area (Å²) in [5.41, 5.74) is 4.51. The Kier molecular flexibility index (Phi) is 2.91. The van der Waals surface area contributed by atoms with E-state index in [1.165, 1.54) is 5.56 Å². The number of aryl methyl sites for hydroxylation is 2. The average molecular weight is 212 g/mol. The highest BCUT2D eigenvalue weighted by atomic mass is 14.9. The largest absolute Gasteiger partial charge is 0.342 e. The first kappa shape index (κ1) is 10.7. The molecule has 0 fully saturated rings. The van der Waals surface area contributed by atoms with Crippen LogP contribution < -0.4 is 0 Å². The molecule has 2 heteroatoms. The van der Waals surface area contributed by atoms with Gasteiger partial charge in [0.1, 0.15) is 5.82 Å². The van der Waals surface area contributed by atoms with Gasteiger partial charge in [0.2, 0.25) is 0 Å². The average Bonchev–Trinajstić information content (AvgIpc) is 2.61. The van der Waals surface area contributed by atoms with Crippen LogP contribution >= 0.6 is 0 Å². The third-order valence-corrected chi connectivity index (χ3v) is 2.54. The zero-order chi connectivity index (χ0) is 11.5. The maximum absolute atomic E-state index is 4.57. The van der Waals surface area contributed by atoms with Crippen LogP contribution in [0.2, 0.25) is 0 Å². The van der Waals surface area contributed by atoms with Crippen LogP contribution in [0.15, 0.2) is 30.3 Å². The van der Waals surface area contributed by atoms with Gasteiger partial charge in [-0.1, -0.05) is 29.8 Å². The lowest BCUT2D eigenvalue weighted by atomic mass is 10.1. The summed E-state index contributed by atoms with van der Waals surface area (Å²) in [6.45, 7) is 6.13. The van der Waals surface area contributed by atoms with Crippen LogP contribution in [0.5, 0.6) is 0 Å². The summed E-state index contributed by atoms with van der Waals surface area (Å²) in [5.74, 6) is 0.939. The molecule has 1 aromatic carbocycles. The van der Waals surface area contributed by atoms with Crippen molar-refractivity contribution < 1.29 is 0 Å². The number of H-pyrrole nitrogens is 1. The second kappa shape index (κ2) is 4.35. The topological polar surface area (TPSA) is 28.7 Å². The van der Waals surface area contributed by atoms with Gasteiger partial charge in [0, 0.05) is 11.3 Å². The fourth-order valence-electron chi connectivity index (χ4n) is 1.72. The van der Waals surface area contributed by atoms with Crippen LogP contribution in [0.1, 0.15) is 23.9 Å². The zero-order valence-corrected chi connectivity index (χ0v) is 9.91. The van der Waals surface area contributed by atoms with E-state index in [2.05, 4.69) is 41.2 Å². The first-order valence-electron chi connectivity index (χ1n) is 5.47. The van der Waals surface area contributed by atoms with E-state index in [1.54, 1.807) is 0 Å². The summed E-state index contributed by atoms with van der Waals surface area (Å²) in [4.78, 5) is 7.88. The summed E-state index contributed by atoms with van der Waals surface area (Å²) in [6, 6.07) is 8.35. The summed E-state index contributed by atoms with van der Waals surface area (Å²) >= 11 is 0. The standard InChI is InChI=1S/C14H16N2/c1-4-6-13-11(3)15-14(16-13)12-8-5-7-10(2)9-12/h4-9H,1-3H3,(H,15,16)/b6-4-. The highest BCUT2D eigenvalue weighted by Crippen LogP contribution is 2.19. The molecule has 0 bridgehead atoms. The molecule has 82 valence electrons. The Hall–Kier alpha value is -1.83. The molecule has 1 aromatic heterocycles. The van der Waals surface area contributed by atoms with E-state index in [-0.39, 0.29) is 0 Å². The Bertz CT molecular complexity index is 521. The third kappa shape index (κ3) is 2.06. The van der Waals surface area contributed by atoms with Crippen LogP contribution in [-0.2, 0) is 0 Å². The molecule has 2 aromatic rings. The zero-order valence-electron chi connectivity index (χ0n) is 9.91. The van der Waals surface area contributed by atoms with E-state index in [4.69, 9.17) is 0 Å². The number of benzene rings is 1. The fourth-order valence-corrected chi connectivity index (χ4v) is 1.72. The molecule has 0 spiro atoms. The maximum atomic E-state index is 4.57. The third-order valence-electron chi connectivity index (χ3n) is 2.54. The van der Waals surface area contributed by atoms with E-state index < -0.39 is 0 Å². The van der Waals surface area contributed by atoms with Crippen molar-refractivity contribution in [3.63, 3.8) is 0 Å². The molecule has 1 N–H and O–H groups in total. The highest BCUT2D eigenvalue weighted by molar-refractivity contribution is 5.60. The monoisotopic (exact) mass is 212 g/mol. The number of allylic oxidation sites excluding steroid dienone is 1. The molecule has 0 atom stereocenters. The lowest BCUT2D eigenvalue weighted by Crippen LogP contribution is -1.81. The quantitative estimate of drug-likeness (QED) is 0.807. The van der Waals surface area contributed by atoms with Gasteiger partial charge in [-0.05, 0) is 32.9 Å². The van der Waals surface area contributed by atoms with Crippen LogP contribution in [0.4, 0.5) is 0 Å². The first-order chi connectivity index (χ1) is 7.70. The number of aromatic amines is 1. The molecule has 16 heavy (non-hydrogen) atoms. The molecule has 0 aliphatic heterocycles. The Morgan fingerprint density at radius 2 is 2.06 bits per heavy atom. The van der Waals surface area contributed by atoms with Crippen molar-refractivity contribution in [2.45, 2.75) is 20.8 Å². The number of nitrogens with one attached hydrogen (secondary N) is 1. The van der Waals surface area contributed by atoms with Gasteiger partial charge in [-0.2, -0.15) is 0 Å². The Labute approximate surface area is 96.1 Å². The predicted octanol–water partition coefficient (Wildman–Crippen LogP) is 3.73. The lowest BCUT2D eigenvalue weighted by Gasteiger charge is -1.97. The van der Waals surface area contributed by atoms with Crippen molar-refractivity contribution in [2.24, 2.45) is 0 Å². The van der Waals surface area contributed by atoms with Gasteiger partial charge in [0.15, 0.2) is 0 Å². The van der Waals surface area contributed by atoms with Gasteiger partial charge in [-0.3, -0.25) is 0 Å². The molecule has 0 amide bonds. The first-order valence-corrected chi connectivity index (χ1v) is 5.47. The van der Waals surface area contributed by atoms with E-state index in [9.17, 15) is 0 Å². The molecule has 2 nitrogen and oxygen atoms in total. The minimum atomic E-state index is 0.939. The minimum Gasteiger partial charge on any atom is -0.342 e. The van der Waals surface area contributed by atoms with Crippen molar-refractivity contribution in [3.8, 4) is 11.4 Å². The molecular weight excluding hydrogens is 196 g/mol. The van der Waals surface area contributed by atoms with Crippen LogP contribution in [0.25, 0.3) is 17.5 Å². The Balaban J connectivity index is 2.45. The summed E-state index contributed by atoms with van der Waals surface area (Å²) in [7, 11) is 0. The van der Waals surface area contributed by atoms with Gasteiger partial charge in [0.05, 0.1) is 5.69 Å². The van der Waals surface area contributed by atoms with Crippen molar-refractivity contribution >= 4 is 6.08 Å². The highest BCUT2D eigenvalue weighted by Gasteiger charge is 2.05. The smallest absolute Gasteiger partial charge is 0.138 e. The van der Waals surface area contributed by atoms with Gasteiger partial charge in [-0.25, -0.2) is 4.98 Å². The van der Waals surface area contributed by atoms with Crippen molar-refractivity contribution in [2.75, 3.05) is 0 Å². The molecule has 0 saturated heterocycles. The molecule has 0 aliphatic carbocycles.